The number of aliphatic hydroxyl groups is 1. The summed E-state index contributed by atoms with van der Waals surface area (Å²) in [7, 11) is 0. The molecule has 1 saturated heterocycles. The van der Waals surface area contributed by atoms with Crippen LogP contribution in [0.4, 0.5) is 5.69 Å². The molecule has 114 valence electrons. The number of nitrogens with two attached hydrogens (primary N) is 1. The zero-order chi connectivity index (χ0) is 16.0. The van der Waals surface area contributed by atoms with E-state index in [1.165, 1.54) is 6.92 Å². The number of benzene rings is 1. The summed E-state index contributed by atoms with van der Waals surface area (Å²) >= 11 is 4.99. The molecule has 8 heteroatoms. The quantitative estimate of drug-likeness (QED) is 0.566. The number of nitrogens with zero attached hydrogens (tertiary/aromatic N) is 1. The van der Waals surface area contributed by atoms with Crippen LogP contribution in [0.5, 0.6) is 0 Å². The average molecular weight is 311 g/mol. The summed E-state index contributed by atoms with van der Waals surface area (Å²) in [5, 5.41) is 19.6. The molecule has 2 rings (SSSR count). The van der Waals surface area contributed by atoms with Gasteiger partial charge in [-0.2, -0.15) is 0 Å². The lowest BCUT2D eigenvalue weighted by Crippen LogP contribution is -2.39. The minimum Gasteiger partial charge on any atom is -0.480 e. The van der Waals surface area contributed by atoms with Crippen molar-refractivity contribution in [1.29, 1.82) is 0 Å². The largest absolute Gasteiger partial charge is 0.480 e. The van der Waals surface area contributed by atoms with Gasteiger partial charge in [-0.1, -0.05) is 18.2 Å². The molecule has 1 aliphatic heterocycles. The highest BCUT2D eigenvalue weighted by Crippen LogP contribution is 2.15. The number of anilines is 1. The van der Waals surface area contributed by atoms with Crippen molar-refractivity contribution in [3.8, 4) is 0 Å². The lowest BCUT2D eigenvalue weighted by molar-refractivity contribution is -0.140. The molecule has 0 saturated carbocycles. The van der Waals surface area contributed by atoms with Crippen LogP contribution in [0.3, 0.4) is 0 Å². The zero-order valence-corrected chi connectivity index (χ0v) is 12.2. The van der Waals surface area contributed by atoms with E-state index in [1.807, 2.05) is 30.3 Å². The van der Waals surface area contributed by atoms with Crippen molar-refractivity contribution in [1.82, 2.24) is 5.32 Å². The van der Waals surface area contributed by atoms with Gasteiger partial charge in [0, 0.05) is 5.69 Å². The molecule has 0 aliphatic carbocycles. The van der Waals surface area contributed by atoms with E-state index >= 15 is 0 Å². The smallest absolute Gasteiger partial charge is 0.323 e. The van der Waals surface area contributed by atoms with Gasteiger partial charge in [-0.05, 0) is 31.3 Å². The summed E-state index contributed by atoms with van der Waals surface area (Å²) < 4.78 is 0. The van der Waals surface area contributed by atoms with Gasteiger partial charge in [-0.3, -0.25) is 9.59 Å². The number of para-hydroxylation sites is 1. The van der Waals surface area contributed by atoms with Crippen LogP contribution in [-0.4, -0.2) is 45.9 Å². The Balaban J connectivity index is 0.000000240. The van der Waals surface area contributed by atoms with Crippen LogP contribution in [0, 0.1) is 0 Å². The number of aliphatic hydroxyl groups excluding tert-OH is 1. The van der Waals surface area contributed by atoms with Gasteiger partial charge < -0.3 is 26.2 Å². The van der Waals surface area contributed by atoms with Crippen molar-refractivity contribution in [2.45, 2.75) is 19.1 Å². The molecule has 1 aromatic carbocycles. The van der Waals surface area contributed by atoms with Crippen molar-refractivity contribution in [3.63, 3.8) is 0 Å². The highest BCUT2D eigenvalue weighted by Gasteiger charge is 2.24. The molecule has 0 spiro atoms. The number of amides is 1. The predicted octanol–water partition coefficient (Wildman–Crippen LogP) is -0.313. The van der Waals surface area contributed by atoms with Gasteiger partial charge in [0.1, 0.15) is 12.6 Å². The van der Waals surface area contributed by atoms with Crippen LogP contribution < -0.4 is 16.0 Å². The molecular weight excluding hydrogens is 294 g/mol. The van der Waals surface area contributed by atoms with Crippen LogP contribution in [0.1, 0.15) is 6.92 Å². The van der Waals surface area contributed by atoms with Crippen molar-refractivity contribution in [3.05, 3.63) is 30.3 Å². The van der Waals surface area contributed by atoms with Crippen LogP contribution in [0.25, 0.3) is 0 Å². The topological polar surface area (TPSA) is 116 Å². The van der Waals surface area contributed by atoms with Crippen molar-refractivity contribution >= 4 is 34.9 Å². The molecule has 0 unspecified atom stereocenters. The lowest BCUT2D eigenvalue weighted by Gasteiger charge is -2.14. The Kier molecular flexibility index (Phi) is 6.22. The van der Waals surface area contributed by atoms with Crippen LogP contribution in [0.2, 0.25) is 0 Å². The normalized spacial score (nSPS) is 16.6. The maximum Gasteiger partial charge on any atom is 0.323 e. The number of carboxylic acids is 1. The van der Waals surface area contributed by atoms with Gasteiger partial charge in [0.2, 0.25) is 5.91 Å². The van der Waals surface area contributed by atoms with Gasteiger partial charge in [-0.25, -0.2) is 0 Å². The number of nitrogens with one attached hydrogen (secondary N) is 1. The zero-order valence-electron chi connectivity index (χ0n) is 11.4. The average Bonchev–Trinajstić information content (AvgIpc) is 2.78. The molecule has 2 atom stereocenters. The first-order chi connectivity index (χ1) is 9.82. The van der Waals surface area contributed by atoms with Gasteiger partial charge in [0.15, 0.2) is 5.11 Å². The molecule has 21 heavy (non-hydrogen) atoms. The van der Waals surface area contributed by atoms with Gasteiger partial charge in [-0.15, -0.1) is 0 Å². The summed E-state index contributed by atoms with van der Waals surface area (Å²) in [4.78, 5) is 22.6. The fraction of sp³-hybridized carbons (Fsp3) is 0.308. The molecule has 0 radical (unpaired) electrons. The fourth-order valence-electron chi connectivity index (χ4n) is 1.46. The highest BCUT2D eigenvalue weighted by molar-refractivity contribution is 7.80. The molecule has 1 aliphatic rings. The standard InChI is InChI=1S/C9H8N2OS.C4H9NO3/c12-8-6-11(9(13)10-8)7-4-2-1-3-5-7;1-2(6)3(5)4(7)8/h1-5H,6H2,(H,10,12,13);2-3,6H,5H2,1H3,(H,7,8)/t;2-,3+/m.1/s1. The number of hydrogen-bond acceptors (Lipinski definition) is 5. The lowest BCUT2D eigenvalue weighted by atomic mass is 10.2. The van der Waals surface area contributed by atoms with Crippen LogP contribution in [0.15, 0.2) is 30.3 Å². The molecule has 1 amide bonds. The van der Waals surface area contributed by atoms with E-state index < -0.39 is 18.1 Å². The molecule has 1 fully saturated rings. The Morgan fingerprint density at radius 1 is 1.43 bits per heavy atom. The molecule has 0 aromatic heterocycles. The number of thiocarbonyl (C=S) groups is 1. The van der Waals surface area contributed by atoms with E-state index in [2.05, 4.69) is 5.32 Å². The van der Waals surface area contributed by atoms with Gasteiger partial charge in [0.25, 0.3) is 0 Å². The Labute approximate surface area is 127 Å². The number of carboxylic acid groups (broad SMARTS) is 1. The molecule has 1 aromatic rings. The van der Waals surface area contributed by atoms with E-state index in [-0.39, 0.29) is 5.91 Å². The SMILES string of the molecule is C[C@@H](O)[C@H](N)C(=O)O.O=C1CN(c2ccccc2)C(=S)N1. The Bertz CT molecular complexity index is 521. The van der Waals surface area contributed by atoms with Gasteiger partial charge >= 0.3 is 5.97 Å². The maximum absolute atomic E-state index is 11.0. The highest BCUT2D eigenvalue weighted by atomic mass is 32.1. The number of rotatable bonds is 3. The Morgan fingerprint density at radius 3 is 2.33 bits per heavy atom. The first kappa shape index (κ1) is 17.0. The second kappa shape index (κ2) is 7.67. The summed E-state index contributed by atoms with van der Waals surface area (Å²) in [6.45, 7) is 1.65. The van der Waals surface area contributed by atoms with Crippen LogP contribution in [-0.2, 0) is 9.59 Å². The minimum atomic E-state index is -1.18. The van der Waals surface area contributed by atoms with E-state index in [0.29, 0.717) is 11.7 Å². The van der Waals surface area contributed by atoms with E-state index in [1.54, 1.807) is 4.90 Å². The minimum absolute atomic E-state index is 0.0474. The number of hydrogen-bond donors (Lipinski definition) is 4. The molecule has 1 heterocycles. The predicted molar refractivity (Wildman–Crippen MR) is 81.8 cm³/mol. The van der Waals surface area contributed by atoms with E-state index in [0.717, 1.165) is 5.69 Å². The van der Waals surface area contributed by atoms with Crippen LogP contribution >= 0.6 is 12.2 Å². The molecular formula is C13H17N3O4S. The maximum atomic E-state index is 11.0. The van der Waals surface area contributed by atoms with Gasteiger partial charge in [0.05, 0.1) is 6.10 Å². The molecule has 0 bridgehead atoms. The summed E-state index contributed by atoms with van der Waals surface area (Å²) in [5.74, 6) is -1.23. The second-order valence-electron chi connectivity index (χ2n) is 4.38. The third-order valence-electron chi connectivity index (χ3n) is 2.67. The number of carbonyl (C=O) groups excluding carboxylic acids is 1. The Morgan fingerprint density at radius 2 is 2.00 bits per heavy atom. The summed E-state index contributed by atoms with van der Waals surface area (Å²) in [6, 6.07) is 8.45. The monoisotopic (exact) mass is 311 g/mol. The van der Waals surface area contributed by atoms with E-state index in [4.69, 9.17) is 28.2 Å². The summed E-state index contributed by atoms with van der Waals surface area (Å²) in [6.07, 6.45) is -0.979. The number of carbonyl (C=O) groups is 2. The Hall–Kier alpha value is -2.03. The second-order valence-corrected chi connectivity index (χ2v) is 4.77. The van der Waals surface area contributed by atoms with Crippen molar-refractivity contribution in [2.75, 3.05) is 11.4 Å². The van der Waals surface area contributed by atoms with Crippen molar-refractivity contribution < 1.29 is 19.8 Å². The first-order valence-electron chi connectivity index (χ1n) is 6.15. The number of aliphatic carboxylic acids is 1. The molecule has 7 nitrogen and oxygen atoms in total. The fourth-order valence-corrected chi connectivity index (χ4v) is 1.75. The third-order valence-corrected chi connectivity index (χ3v) is 2.99. The summed E-state index contributed by atoms with van der Waals surface area (Å²) in [5.41, 5.74) is 5.86. The van der Waals surface area contributed by atoms with E-state index in [9.17, 15) is 9.59 Å². The molecule has 5 N–H and O–H groups in total. The first-order valence-corrected chi connectivity index (χ1v) is 6.56. The third kappa shape index (κ3) is 5.10. The van der Waals surface area contributed by atoms with Crippen molar-refractivity contribution in [2.24, 2.45) is 5.73 Å².